The fourth-order valence-corrected chi connectivity index (χ4v) is 2.54. The molecule has 2 N–H and O–H groups in total. The lowest BCUT2D eigenvalue weighted by molar-refractivity contribution is -0.109. The van der Waals surface area contributed by atoms with Gasteiger partial charge in [0.25, 0.3) is 0 Å². The second-order valence-electron chi connectivity index (χ2n) is 7.47. The first-order chi connectivity index (χ1) is 11.8. The third-order valence-corrected chi connectivity index (χ3v) is 3.75. The number of imidazole rings is 1. The van der Waals surface area contributed by atoms with Crippen molar-refractivity contribution in [1.82, 2.24) is 15.3 Å². The number of carbonyl (C=O) groups excluding carboxylic acids is 2. The van der Waals surface area contributed by atoms with Gasteiger partial charge in [0.05, 0.1) is 6.04 Å². The van der Waals surface area contributed by atoms with Crippen LogP contribution in [0.4, 0.5) is 4.79 Å². The Morgan fingerprint density at radius 1 is 1.28 bits per heavy atom. The molecule has 6 heteroatoms. The maximum Gasteiger partial charge on any atom is 0.408 e. The fraction of sp³-hybridized carbons (Fsp3) is 0.737. The van der Waals surface area contributed by atoms with Gasteiger partial charge in [-0.3, -0.25) is 0 Å². The number of aryl methyl sites for hydroxylation is 1. The van der Waals surface area contributed by atoms with E-state index in [1.807, 2.05) is 0 Å². The average Bonchev–Trinajstić information content (AvgIpc) is 2.95. The number of hydrogen-bond donors (Lipinski definition) is 2. The first kappa shape index (κ1) is 21.2. The molecule has 0 fully saturated rings. The van der Waals surface area contributed by atoms with E-state index in [0.717, 1.165) is 30.6 Å². The van der Waals surface area contributed by atoms with Crippen LogP contribution in [0.1, 0.15) is 77.7 Å². The normalized spacial score (nSPS) is 12.6. The Morgan fingerprint density at radius 2 is 1.96 bits per heavy atom. The smallest absolute Gasteiger partial charge is 0.408 e. The monoisotopic (exact) mass is 351 g/mol. The molecule has 0 spiro atoms. The molecule has 0 aliphatic rings. The fourth-order valence-electron chi connectivity index (χ4n) is 2.54. The van der Waals surface area contributed by atoms with Crippen molar-refractivity contribution in [2.75, 3.05) is 0 Å². The van der Waals surface area contributed by atoms with Crippen LogP contribution in [0, 0.1) is 0 Å². The highest BCUT2D eigenvalue weighted by molar-refractivity contribution is 5.73. The number of nitrogens with zero attached hydrogens (tertiary/aromatic N) is 1. The van der Waals surface area contributed by atoms with Gasteiger partial charge < -0.3 is 19.8 Å². The van der Waals surface area contributed by atoms with Crippen LogP contribution in [0.5, 0.6) is 0 Å². The Labute approximate surface area is 151 Å². The highest BCUT2D eigenvalue weighted by atomic mass is 16.6. The van der Waals surface area contributed by atoms with E-state index in [0.29, 0.717) is 6.42 Å². The Bertz CT molecular complexity index is 520. The molecular weight excluding hydrogens is 318 g/mol. The zero-order valence-corrected chi connectivity index (χ0v) is 16.1. The van der Waals surface area contributed by atoms with E-state index in [2.05, 4.69) is 22.2 Å². The van der Waals surface area contributed by atoms with Gasteiger partial charge in [0.1, 0.15) is 17.7 Å². The van der Waals surface area contributed by atoms with Crippen LogP contribution in [-0.2, 0) is 22.4 Å². The van der Waals surface area contributed by atoms with Gasteiger partial charge in [0.15, 0.2) is 0 Å². The van der Waals surface area contributed by atoms with Crippen molar-refractivity contribution in [3.05, 3.63) is 17.7 Å². The predicted octanol–water partition coefficient (Wildman–Crippen LogP) is 3.95. The van der Waals surface area contributed by atoms with Gasteiger partial charge in [-0.05, 0) is 27.2 Å². The van der Waals surface area contributed by atoms with Gasteiger partial charge >= 0.3 is 6.09 Å². The summed E-state index contributed by atoms with van der Waals surface area (Å²) in [6, 6.07) is -0.628. The van der Waals surface area contributed by atoms with Gasteiger partial charge in [0.2, 0.25) is 0 Å². The van der Waals surface area contributed by atoms with E-state index < -0.39 is 17.7 Å². The molecule has 25 heavy (non-hydrogen) atoms. The Hall–Kier alpha value is -1.85. The van der Waals surface area contributed by atoms with Crippen LogP contribution in [0.2, 0.25) is 0 Å². The first-order valence-corrected chi connectivity index (χ1v) is 9.31. The summed E-state index contributed by atoms with van der Waals surface area (Å²) in [4.78, 5) is 30.6. The molecule has 0 saturated carbocycles. The molecule has 0 bridgehead atoms. The number of alkyl carbamates (subject to hydrolysis) is 1. The minimum absolute atomic E-state index is 0.381. The van der Waals surface area contributed by atoms with Crippen molar-refractivity contribution >= 4 is 12.4 Å². The van der Waals surface area contributed by atoms with Crippen LogP contribution in [0.25, 0.3) is 0 Å². The number of rotatable bonds is 11. The number of H-pyrrole nitrogens is 1. The molecule has 0 aromatic carbocycles. The molecule has 1 atom stereocenters. The van der Waals surface area contributed by atoms with Crippen LogP contribution in [0.15, 0.2) is 6.20 Å². The second-order valence-corrected chi connectivity index (χ2v) is 7.47. The lowest BCUT2D eigenvalue weighted by Crippen LogP contribution is -2.41. The highest BCUT2D eigenvalue weighted by Crippen LogP contribution is 2.10. The minimum Gasteiger partial charge on any atom is -0.444 e. The Morgan fingerprint density at radius 3 is 2.60 bits per heavy atom. The molecule has 1 unspecified atom stereocenters. The highest BCUT2D eigenvalue weighted by Gasteiger charge is 2.19. The van der Waals surface area contributed by atoms with Crippen molar-refractivity contribution in [3.63, 3.8) is 0 Å². The standard InChI is InChI=1S/C19H33N3O3/c1-5-6-7-8-9-10-11-17-20-13-15(21-17)12-16(14-23)22-18(24)25-19(2,3)4/h13-14,16H,5-12H2,1-4H3,(H,20,21)(H,22,24). The van der Waals surface area contributed by atoms with Crippen molar-refractivity contribution in [2.24, 2.45) is 0 Å². The summed E-state index contributed by atoms with van der Waals surface area (Å²) in [6.07, 6.45) is 10.6. The van der Waals surface area contributed by atoms with E-state index in [-0.39, 0.29) is 0 Å². The molecule has 1 heterocycles. The summed E-state index contributed by atoms with van der Waals surface area (Å²) < 4.78 is 5.17. The summed E-state index contributed by atoms with van der Waals surface area (Å²) in [5.41, 5.74) is 0.254. The van der Waals surface area contributed by atoms with Crippen LogP contribution >= 0.6 is 0 Å². The van der Waals surface area contributed by atoms with Crippen molar-refractivity contribution in [2.45, 2.75) is 90.7 Å². The number of unbranched alkanes of at least 4 members (excludes halogenated alkanes) is 5. The zero-order valence-electron chi connectivity index (χ0n) is 16.1. The van der Waals surface area contributed by atoms with E-state index in [1.165, 1.54) is 32.1 Å². The summed E-state index contributed by atoms with van der Waals surface area (Å²) in [5.74, 6) is 0.937. The van der Waals surface area contributed by atoms with E-state index in [9.17, 15) is 9.59 Å². The molecule has 142 valence electrons. The molecule has 0 aliphatic heterocycles. The number of aldehydes is 1. The quantitative estimate of drug-likeness (QED) is 0.467. The summed E-state index contributed by atoms with van der Waals surface area (Å²) in [6.45, 7) is 7.57. The first-order valence-electron chi connectivity index (χ1n) is 9.31. The minimum atomic E-state index is -0.628. The molecule has 1 aromatic heterocycles. The van der Waals surface area contributed by atoms with E-state index in [1.54, 1.807) is 27.0 Å². The van der Waals surface area contributed by atoms with E-state index in [4.69, 9.17) is 4.74 Å². The van der Waals surface area contributed by atoms with Gasteiger partial charge in [-0.15, -0.1) is 0 Å². The lowest BCUT2D eigenvalue weighted by Gasteiger charge is -2.21. The molecule has 1 amide bonds. The summed E-state index contributed by atoms with van der Waals surface area (Å²) >= 11 is 0. The van der Waals surface area contributed by atoms with Gasteiger partial charge in [0, 0.05) is 24.7 Å². The third-order valence-electron chi connectivity index (χ3n) is 3.75. The molecule has 0 radical (unpaired) electrons. The third kappa shape index (κ3) is 9.89. The number of hydrogen-bond acceptors (Lipinski definition) is 4. The van der Waals surface area contributed by atoms with Gasteiger partial charge in [-0.25, -0.2) is 9.78 Å². The Kier molecular flexibility index (Phi) is 9.24. The van der Waals surface area contributed by atoms with Crippen molar-refractivity contribution < 1.29 is 14.3 Å². The van der Waals surface area contributed by atoms with Crippen LogP contribution in [-0.4, -0.2) is 34.0 Å². The van der Waals surface area contributed by atoms with Crippen LogP contribution in [0.3, 0.4) is 0 Å². The molecule has 0 saturated heterocycles. The number of ether oxygens (including phenoxy) is 1. The number of amides is 1. The Balaban J connectivity index is 2.36. The number of aromatic amines is 1. The maximum absolute atomic E-state index is 11.8. The van der Waals surface area contributed by atoms with Crippen LogP contribution < -0.4 is 5.32 Å². The SMILES string of the molecule is CCCCCCCCc1ncc(CC(C=O)NC(=O)OC(C)(C)C)[nH]1. The maximum atomic E-state index is 11.8. The largest absolute Gasteiger partial charge is 0.444 e. The van der Waals surface area contributed by atoms with Gasteiger partial charge in [-0.2, -0.15) is 0 Å². The van der Waals surface area contributed by atoms with E-state index >= 15 is 0 Å². The lowest BCUT2D eigenvalue weighted by atomic mass is 10.1. The molecular formula is C19H33N3O3. The predicted molar refractivity (Wildman–Crippen MR) is 98.6 cm³/mol. The topological polar surface area (TPSA) is 84.1 Å². The number of carbonyl (C=O) groups is 2. The molecule has 0 aliphatic carbocycles. The molecule has 1 rings (SSSR count). The van der Waals surface area contributed by atoms with Crippen molar-refractivity contribution in [1.29, 1.82) is 0 Å². The van der Waals surface area contributed by atoms with Gasteiger partial charge in [-0.1, -0.05) is 39.0 Å². The summed E-state index contributed by atoms with van der Waals surface area (Å²) in [7, 11) is 0. The second kappa shape index (κ2) is 10.9. The zero-order chi connectivity index (χ0) is 18.7. The molecule has 6 nitrogen and oxygen atoms in total. The number of nitrogens with one attached hydrogen (secondary N) is 2. The number of aromatic nitrogens is 2. The van der Waals surface area contributed by atoms with Crippen molar-refractivity contribution in [3.8, 4) is 0 Å². The average molecular weight is 351 g/mol. The molecule has 1 aromatic rings. The summed E-state index contributed by atoms with van der Waals surface area (Å²) in [5, 5.41) is 2.58.